The molecule has 31 heavy (non-hydrogen) atoms. The van der Waals surface area contributed by atoms with E-state index in [0.29, 0.717) is 18.2 Å². The Balaban J connectivity index is 1.21. The number of hydrogen-bond acceptors (Lipinski definition) is 3. The van der Waals surface area contributed by atoms with Crippen molar-refractivity contribution in [3.63, 3.8) is 0 Å². The largest absolute Gasteiger partial charge is 0.497 e. The number of methoxy groups -OCH3 is 1. The van der Waals surface area contributed by atoms with Gasteiger partial charge in [-0.05, 0) is 41.8 Å². The number of piperazine rings is 1. The fourth-order valence-corrected chi connectivity index (χ4v) is 5.65. The molecule has 0 saturated carbocycles. The SMILES string of the molecule is COc1ccc(N2C(=O)C[C@@H]([NH+]3CC[NH+]([C@@H]4CCc5ccccc5C4)CC3)C2=O)cc1. The van der Waals surface area contributed by atoms with Gasteiger partial charge in [0.25, 0.3) is 5.91 Å². The Hall–Kier alpha value is -2.70. The summed E-state index contributed by atoms with van der Waals surface area (Å²) in [6.07, 6.45) is 3.89. The van der Waals surface area contributed by atoms with Crippen LogP contribution >= 0.6 is 0 Å². The van der Waals surface area contributed by atoms with Crippen LogP contribution in [-0.4, -0.2) is 57.2 Å². The molecule has 0 radical (unpaired) electrons. The maximum atomic E-state index is 13.1. The van der Waals surface area contributed by atoms with Gasteiger partial charge in [-0.2, -0.15) is 0 Å². The van der Waals surface area contributed by atoms with Crippen LogP contribution in [-0.2, 0) is 22.4 Å². The Labute approximate surface area is 183 Å². The van der Waals surface area contributed by atoms with Crippen LogP contribution in [0.2, 0.25) is 0 Å². The first-order valence-corrected chi connectivity index (χ1v) is 11.4. The van der Waals surface area contributed by atoms with Crippen molar-refractivity contribution < 1.29 is 24.1 Å². The summed E-state index contributed by atoms with van der Waals surface area (Å²) in [5, 5.41) is 0. The number of carbonyl (C=O) groups excluding carboxylic acids is 2. The van der Waals surface area contributed by atoms with E-state index < -0.39 is 0 Å². The monoisotopic (exact) mass is 421 g/mol. The van der Waals surface area contributed by atoms with E-state index >= 15 is 0 Å². The zero-order valence-electron chi connectivity index (χ0n) is 18.1. The molecule has 6 heteroatoms. The van der Waals surface area contributed by atoms with E-state index in [4.69, 9.17) is 4.74 Å². The molecule has 162 valence electrons. The third-order valence-electron chi connectivity index (χ3n) is 7.43. The lowest BCUT2D eigenvalue weighted by Gasteiger charge is -2.37. The lowest BCUT2D eigenvalue weighted by molar-refractivity contribution is -1.03. The maximum Gasteiger partial charge on any atom is 0.292 e. The Morgan fingerprint density at radius 2 is 1.55 bits per heavy atom. The molecular weight excluding hydrogens is 390 g/mol. The number of quaternary nitrogens is 2. The number of aryl methyl sites for hydroxylation is 1. The minimum absolute atomic E-state index is 0.0554. The van der Waals surface area contributed by atoms with Crippen LogP contribution in [0.25, 0.3) is 0 Å². The summed E-state index contributed by atoms with van der Waals surface area (Å²) in [7, 11) is 1.61. The molecule has 2 aromatic carbocycles. The Kier molecular flexibility index (Phi) is 5.50. The van der Waals surface area contributed by atoms with Crippen LogP contribution in [0.15, 0.2) is 48.5 Å². The van der Waals surface area contributed by atoms with Crippen LogP contribution < -0.4 is 19.4 Å². The van der Waals surface area contributed by atoms with Gasteiger partial charge in [0.1, 0.15) is 31.9 Å². The molecule has 2 atom stereocenters. The molecule has 1 aliphatic carbocycles. The number of rotatable bonds is 4. The van der Waals surface area contributed by atoms with Crippen LogP contribution in [0.5, 0.6) is 5.75 Å². The highest BCUT2D eigenvalue weighted by Crippen LogP contribution is 2.24. The van der Waals surface area contributed by atoms with Gasteiger partial charge in [-0.1, -0.05) is 24.3 Å². The van der Waals surface area contributed by atoms with Crippen molar-refractivity contribution in [1.29, 1.82) is 0 Å². The number of amides is 2. The number of hydrogen-bond donors (Lipinski definition) is 2. The van der Waals surface area contributed by atoms with Gasteiger partial charge in [0, 0.05) is 12.8 Å². The highest BCUT2D eigenvalue weighted by atomic mass is 16.5. The van der Waals surface area contributed by atoms with Gasteiger partial charge >= 0.3 is 0 Å². The fourth-order valence-electron chi connectivity index (χ4n) is 5.65. The van der Waals surface area contributed by atoms with E-state index in [9.17, 15) is 9.59 Å². The zero-order chi connectivity index (χ0) is 21.4. The van der Waals surface area contributed by atoms with E-state index in [-0.39, 0.29) is 17.9 Å². The first-order chi connectivity index (χ1) is 15.1. The van der Waals surface area contributed by atoms with Gasteiger partial charge in [0.15, 0.2) is 6.04 Å². The molecule has 6 nitrogen and oxygen atoms in total. The molecule has 0 spiro atoms. The second-order valence-corrected chi connectivity index (χ2v) is 9.05. The summed E-state index contributed by atoms with van der Waals surface area (Å²) in [6, 6.07) is 16.4. The van der Waals surface area contributed by atoms with Crippen molar-refractivity contribution in [3.8, 4) is 5.75 Å². The summed E-state index contributed by atoms with van der Waals surface area (Å²) in [6.45, 7) is 4.05. The number of anilines is 1. The first kappa shape index (κ1) is 20.2. The number of nitrogens with zero attached hydrogens (tertiary/aromatic N) is 1. The van der Waals surface area contributed by atoms with E-state index in [2.05, 4.69) is 24.3 Å². The van der Waals surface area contributed by atoms with Gasteiger partial charge in [-0.15, -0.1) is 0 Å². The van der Waals surface area contributed by atoms with Crippen molar-refractivity contribution in [2.45, 2.75) is 37.8 Å². The van der Waals surface area contributed by atoms with Crippen molar-refractivity contribution in [3.05, 3.63) is 59.7 Å². The van der Waals surface area contributed by atoms with E-state index in [1.165, 1.54) is 33.8 Å². The van der Waals surface area contributed by atoms with Crippen molar-refractivity contribution >= 4 is 17.5 Å². The predicted octanol–water partition coefficient (Wildman–Crippen LogP) is -0.332. The summed E-state index contributed by atoms with van der Waals surface area (Å²) in [5.41, 5.74) is 3.66. The molecule has 2 saturated heterocycles. The molecule has 2 N–H and O–H groups in total. The molecule has 0 aromatic heterocycles. The fraction of sp³-hybridized carbons (Fsp3) is 0.440. The average Bonchev–Trinajstić information content (AvgIpc) is 3.12. The topological polar surface area (TPSA) is 55.5 Å². The van der Waals surface area contributed by atoms with Gasteiger partial charge in [0.2, 0.25) is 5.91 Å². The number of carbonyl (C=O) groups is 2. The molecule has 2 fully saturated rings. The number of imide groups is 1. The average molecular weight is 422 g/mol. The summed E-state index contributed by atoms with van der Waals surface area (Å²) in [5.74, 6) is 0.570. The van der Waals surface area contributed by atoms with Gasteiger partial charge in [-0.25, -0.2) is 4.90 Å². The van der Waals surface area contributed by atoms with Crippen LogP contribution in [0, 0.1) is 0 Å². The van der Waals surface area contributed by atoms with E-state index in [1.807, 2.05) is 0 Å². The minimum atomic E-state index is -0.247. The van der Waals surface area contributed by atoms with Crippen LogP contribution in [0.4, 0.5) is 5.69 Å². The smallest absolute Gasteiger partial charge is 0.292 e. The van der Waals surface area contributed by atoms with Crippen molar-refractivity contribution in [2.24, 2.45) is 0 Å². The van der Waals surface area contributed by atoms with Gasteiger partial charge in [0.05, 0.1) is 25.3 Å². The highest BCUT2D eigenvalue weighted by Gasteiger charge is 2.47. The highest BCUT2D eigenvalue weighted by molar-refractivity contribution is 6.21. The summed E-state index contributed by atoms with van der Waals surface area (Å²) < 4.78 is 5.19. The Morgan fingerprint density at radius 1 is 0.871 bits per heavy atom. The molecule has 0 bridgehead atoms. The molecule has 2 aliphatic heterocycles. The van der Waals surface area contributed by atoms with Crippen LogP contribution in [0.3, 0.4) is 0 Å². The number of benzene rings is 2. The molecule has 2 heterocycles. The lowest BCUT2D eigenvalue weighted by Crippen LogP contribution is -3.31. The van der Waals surface area contributed by atoms with E-state index in [0.717, 1.165) is 38.3 Å². The zero-order valence-corrected chi connectivity index (χ0v) is 18.1. The number of fused-ring (bicyclic) bond motifs is 1. The minimum Gasteiger partial charge on any atom is -0.497 e. The predicted molar refractivity (Wildman–Crippen MR) is 118 cm³/mol. The third-order valence-corrected chi connectivity index (χ3v) is 7.43. The third kappa shape index (κ3) is 3.86. The maximum absolute atomic E-state index is 13.1. The van der Waals surface area contributed by atoms with Gasteiger partial charge in [-0.3, -0.25) is 9.59 Å². The second-order valence-electron chi connectivity index (χ2n) is 9.05. The van der Waals surface area contributed by atoms with Crippen molar-refractivity contribution in [2.75, 3.05) is 38.2 Å². The molecule has 2 amide bonds. The second kappa shape index (κ2) is 8.44. The van der Waals surface area contributed by atoms with Gasteiger partial charge < -0.3 is 14.5 Å². The molecule has 0 unspecified atom stereocenters. The first-order valence-electron chi connectivity index (χ1n) is 11.4. The molecule has 2 aromatic rings. The van der Waals surface area contributed by atoms with E-state index in [1.54, 1.807) is 36.3 Å². The number of ether oxygens (including phenoxy) is 1. The van der Waals surface area contributed by atoms with Crippen LogP contribution in [0.1, 0.15) is 24.0 Å². The number of nitrogens with one attached hydrogen (secondary N) is 2. The Morgan fingerprint density at radius 3 is 2.26 bits per heavy atom. The van der Waals surface area contributed by atoms with Crippen molar-refractivity contribution in [1.82, 2.24) is 0 Å². The molecular formula is C25H31N3O3+2. The summed E-state index contributed by atoms with van der Waals surface area (Å²) >= 11 is 0. The quantitative estimate of drug-likeness (QED) is 0.665. The molecule has 5 rings (SSSR count). The normalized spacial score (nSPS) is 28.5. The lowest BCUT2D eigenvalue weighted by atomic mass is 9.87. The Bertz CT molecular complexity index is 966. The summed E-state index contributed by atoms with van der Waals surface area (Å²) in [4.78, 5) is 30.1. The molecule has 3 aliphatic rings. The standard InChI is InChI=1S/C25H29N3O3/c1-31-22-10-8-20(9-11-22)28-24(29)17-23(25(28)30)27-14-12-26(13-15-27)21-7-6-18-4-2-3-5-19(18)16-21/h2-5,8-11,21,23H,6-7,12-17H2,1H3/p+2/t21-,23-/m1/s1.